The number of benzene rings is 1. The van der Waals surface area contributed by atoms with E-state index in [0.717, 1.165) is 18.6 Å². The third-order valence-electron chi connectivity index (χ3n) is 2.20. The molecule has 3 nitrogen and oxygen atoms in total. The van der Waals surface area contributed by atoms with Crippen molar-refractivity contribution in [2.24, 2.45) is 0 Å². The molecule has 0 unspecified atom stereocenters. The Hall–Kier alpha value is -1.61. The summed E-state index contributed by atoms with van der Waals surface area (Å²) in [6.45, 7) is 4.03. The van der Waals surface area contributed by atoms with Crippen molar-refractivity contribution in [3.05, 3.63) is 42.0 Å². The fraction of sp³-hybridized carbons (Fsp3) is 0.357. The summed E-state index contributed by atoms with van der Waals surface area (Å²) in [5.41, 5.74) is 1.02. The molecule has 0 aliphatic rings. The second-order valence-corrected chi connectivity index (χ2v) is 3.59. The lowest BCUT2D eigenvalue weighted by atomic mass is 10.2. The minimum atomic E-state index is -0.0645. The first-order valence-corrected chi connectivity index (χ1v) is 5.91. The van der Waals surface area contributed by atoms with Crippen molar-refractivity contribution >= 4 is 12.0 Å². The van der Waals surface area contributed by atoms with Gasteiger partial charge in [-0.15, -0.1) is 0 Å². The number of rotatable bonds is 7. The van der Waals surface area contributed by atoms with Crippen molar-refractivity contribution in [1.82, 2.24) is 5.32 Å². The Labute approximate surface area is 102 Å². The van der Waals surface area contributed by atoms with Crippen molar-refractivity contribution in [3.63, 3.8) is 0 Å². The molecule has 92 valence electrons. The van der Waals surface area contributed by atoms with Gasteiger partial charge in [0.1, 0.15) is 0 Å². The Morgan fingerprint density at radius 2 is 2.12 bits per heavy atom. The van der Waals surface area contributed by atoms with E-state index < -0.39 is 0 Å². The van der Waals surface area contributed by atoms with E-state index in [9.17, 15) is 4.79 Å². The molecule has 3 heteroatoms. The molecule has 0 spiro atoms. The summed E-state index contributed by atoms with van der Waals surface area (Å²) >= 11 is 0. The number of nitrogens with one attached hydrogen (secondary N) is 1. The molecule has 0 atom stereocenters. The number of amides is 1. The molecule has 0 saturated carbocycles. The first-order valence-electron chi connectivity index (χ1n) is 5.91. The smallest absolute Gasteiger partial charge is 0.244 e. The topological polar surface area (TPSA) is 38.3 Å². The zero-order chi connectivity index (χ0) is 12.3. The summed E-state index contributed by atoms with van der Waals surface area (Å²) in [7, 11) is 0. The average Bonchev–Trinajstić information content (AvgIpc) is 2.37. The molecule has 0 aliphatic carbocycles. The van der Waals surface area contributed by atoms with Crippen molar-refractivity contribution in [3.8, 4) is 0 Å². The molecule has 0 heterocycles. The minimum absolute atomic E-state index is 0.0645. The van der Waals surface area contributed by atoms with Crippen LogP contribution in [0.4, 0.5) is 0 Å². The lowest BCUT2D eigenvalue weighted by Crippen LogP contribution is -2.23. The third-order valence-corrected chi connectivity index (χ3v) is 2.20. The summed E-state index contributed by atoms with van der Waals surface area (Å²) in [4.78, 5) is 11.4. The summed E-state index contributed by atoms with van der Waals surface area (Å²) in [6.07, 6.45) is 4.20. The van der Waals surface area contributed by atoms with Gasteiger partial charge in [-0.25, -0.2) is 0 Å². The highest BCUT2D eigenvalue weighted by Crippen LogP contribution is 2.00. The van der Waals surface area contributed by atoms with Gasteiger partial charge < -0.3 is 10.1 Å². The van der Waals surface area contributed by atoms with Crippen LogP contribution in [0, 0.1) is 0 Å². The van der Waals surface area contributed by atoms with Crippen LogP contribution in [0.15, 0.2) is 36.4 Å². The second-order valence-electron chi connectivity index (χ2n) is 3.59. The highest BCUT2D eigenvalue weighted by atomic mass is 16.5. The molecule has 0 aromatic heterocycles. The number of carbonyl (C=O) groups excluding carboxylic acids is 1. The van der Waals surface area contributed by atoms with Gasteiger partial charge in [0.15, 0.2) is 0 Å². The first-order chi connectivity index (χ1) is 8.33. The van der Waals surface area contributed by atoms with Crippen LogP contribution < -0.4 is 5.32 Å². The molecule has 0 fully saturated rings. The predicted molar refractivity (Wildman–Crippen MR) is 69.6 cm³/mol. The molecule has 1 rings (SSSR count). The van der Waals surface area contributed by atoms with E-state index in [2.05, 4.69) is 5.32 Å². The van der Waals surface area contributed by atoms with E-state index >= 15 is 0 Å². The van der Waals surface area contributed by atoms with E-state index in [1.807, 2.05) is 37.3 Å². The largest absolute Gasteiger partial charge is 0.382 e. The number of hydrogen-bond acceptors (Lipinski definition) is 2. The molecule has 0 radical (unpaired) electrons. The third kappa shape index (κ3) is 6.53. The van der Waals surface area contributed by atoms with Crippen LogP contribution in [0.2, 0.25) is 0 Å². The molecular weight excluding hydrogens is 214 g/mol. The van der Waals surface area contributed by atoms with Crippen LogP contribution in [0.5, 0.6) is 0 Å². The Morgan fingerprint density at radius 3 is 2.82 bits per heavy atom. The zero-order valence-corrected chi connectivity index (χ0v) is 10.2. The van der Waals surface area contributed by atoms with Gasteiger partial charge in [-0.3, -0.25) is 4.79 Å². The van der Waals surface area contributed by atoms with E-state index in [1.54, 1.807) is 12.2 Å². The highest BCUT2D eigenvalue weighted by molar-refractivity contribution is 5.91. The quantitative estimate of drug-likeness (QED) is 0.579. The van der Waals surface area contributed by atoms with Gasteiger partial charge in [0, 0.05) is 25.8 Å². The van der Waals surface area contributed by atoms with Gasteiger partial charge in [-0.2, -0.15) is 0 Å². The van der Waals surface area contributed by atoms with Gasteiger partial charge in [0.05, 0.1) is 0 Å². The summed E-state index contributed by atoms with van der Waals surface area (Å²) in [6, 6.07) is 9.75. The lowest BCUT2D eigenvalue weighted by molar-refractivity contribution is -0.116. The number of carbonyl (C=O) groups is 1. The number of ether oxygens (including phenoxy) is 1. The molecular formula is C14H19NO2. The van der Waals surface area contributed by atoms with Crippen LogP contribution in [0.3, 0.4) is 0 Å². The summed E-state index contributed by atoms with van der Waals surface area (Å²) in [5, 5.41) is 2.81. The van der Waals surface area contributed by atoms with E-state index in [-0.39, 0.29) is 5.91 Å². The van der Waals surface area contributed by atoms with Crippen LogP contribution in [-0.2, 0) is 9.53 Å². The van der Waals surface area contributed by atoms with Crippen LogP contribution in [-0.4, -0.2) is 25.7 Å². The zero-order valence-electron chi connectivity index (χ0n) is 10.2. The van der Waals surface area contributed by atoms with Crippen molar-refractivity contribution in [2.45, 2.75) is 13.3 Å². The maximum Gasteiger partial charge on any atom is 0.244 e. The standard InChI is InChI=1S/C14H19NO2/c1-2-17-12-6-11-15-14(16)10-9-13-7-4-3-5-8-13/h3-5,7-10H,2,6,11-12H2,1H3,(H,15,16)/b10-9-. The monoisotopic (exact) mass is 233 g/mol. The molecule has 0 aliphatic heterocycles. The second kappa shape index (κ2) is 8.53. The van der Waals surface area contributed by atoms with Crippen molar-refractivity contribution in [2.75, 3.05) is 19.8 Å². The van der Waals surface area contributed by atoms with Gasteiger partial charge in [0.25, 0.3) is 0 Å². The van der Waals surface area contributed by atoms with E-state index in [1.165, 1.54) is 0 Å². The van der Waals surface area contributed by atoms with Crippen LogP contribution in [0.25, 0.3) is 6.08 Å². The molecule has 1 N–H and O–H groups in total. The predicted octanol–water partition coefficient (Wildman–Crippen LogP) is 2.24. The van der Waals surface area contributed by atoms with Gasteiger partial charge in [-0.1, -0.05) is 30.3 Å². The van der Waals surface area contributed by atoms with E-state index in [4.69, 9.17) is 4.74 Å². The molecule has 1 aromatic rings. The average molecular weight is 233 g/mol. The molecule has 1 amide bonds. The van der Waals surface area contributed by atoms with Crippen molar-refractivity contribution < 1.29 is 9.53 Å². The molecule has 17 heavy (non-hydrogen) atoms. The lowest BCUT2D eigenvalue weighted by Gasteiger charge is -2.02. The SMILES string of the molecule is CCOCCCNC(=O)/C=C\c1ccccc1. The van der Waals surface area contributed by atoms with Gasteiger partial charge >= 0.3 is 0 Å². The van der Waals surface area contributed by atoms with Crippen LogP contribution in [0.1, 0.15) is 18.9 Å². The molecule has 0 saturated heterocycles. The Balaban J connectivity index is 2.19. The first kappa shape index (κ1) is 13.5. The van der Waals surface area contributed by atoms with Gasteiger partial charge in [0.2, 0.25) is 5.91 Å². The fourth-order valence-electron chi connectivity index (χ4n) is 1.33. The van der Waals surface area contributed by atoms with Crippen molar-refractivity contribution in [1.29, 1.82) is 0 Å². The fourth-order valence-corrected chi connectivity index (χ4v) is 1.33. The maximum absolute atomic E-state index is 11.4. The van der Waals surface area contributed by atoms with Gasteiger partial charge in [-0.05, 0) is 25.0 Å². The highest BCUT2D eigenvalue weighted by Gasteiger charge is 1.94. The number of hydrogen-bond donors (Lipinski definition) is 1. The minimum Gasteiger partial charge on any atom is -0.382 e. The Kier molecular flexibility index (Phi) is 6.75. The molecule has 1 aromatic carbocycles. The van der Waals surface area contributed by atoms with Crippen LogP contribution >= 0.6 is 0 Å². The van der Waals surface area contributed by atoms with E-state index in [0.29, 0.717) is 13.2 Å². The summed E-state index contributed by atoms with van der Waals surface area (Å²) in [5.74, 6) is -0.0645. The normalized spacial score (nSPS) is 10.6. The molecule has 0 bridgehead atoms. The summed E-state index contributed by atoms with van der Waals surface area (Å²) < 4.78 is 5.18. The maximum atomic E-state index is 11.4. The Morgan fingerprint density at radius 1 is 1.35 bits per heavy atom. The Bertz CT molecular complexity index is 346.